The van der Waals surface area contributed by atoms with Crippen LogP contribution in [0.1, 0.15) is 183 Å². The van der Waals surface area contributed by atoms with Gasteiger partial charge in [-0.25, -0.2) is 0 Å². The zero-order chi connectivity index (χ0) is 41.6. The van der Waals surface area contributed by atoms with Gasteiger partial charge < -0.3 is 4.90 Å². The zero-order valence-electron chi connectivity index (χ0n) is 38.5. The maximum atomic E-state index is 3.15. The Morgan fingerprint density at radius 2 is 1.44 bits per heavy atom. The molecule has 1 aromatic carbocycles. The highest BCUT2D eigenvalue weighted by Crippen LogP contribution is 2.69. The third-order valence-corrected chi connectivity index (χ3v) is 19.7. The lowest BCUT2D eigenvalue weighted by Gasteiger charge is -2.48. The van der Waals surface area contributed by atoms with E-state index in [1.54, 1.807) is 89.2 Å². The Morgan fingerprint density at radius 1 is 0.635 bits per heavy atom. The maximum Gasteiger partial charge on any atom is 0.0699 e. The third-order valence-electron chi connectivity index (χ3n) is 19.7. The summed E-state index contributed by atoms with van der Waals surface area (Å²) in [7, 11) is 0. The van der Waals surface area contributed by atoms with Crippen molar-refractivity contribution in [2.24, 2.45) is 23.2 Å². The second-order valence-electron chi connectivity index (χ2n) is 22.8. The van der Waals surface area contributed by atoms with E-state index in [-0.39, 0.29) is 10.8 Å². The Kier molecular flexibility index (Phi) is 8.61. The van der Waals surface area contributed by atoms with Crippen molar-refractivity contribution in [1.29, 1.82) is 0 Å². The van der Waals surface area contributed by atoms with E-state index in [2.05, 4.69) is 91.6 Å². The van der Waals surface area contributed by atoms with Gasteiger partial charge in [-0.1, -0.05) is 111 Å². The highest BCUT2D eigenvalue weighted by molar-refractivity contribution is 6.05. The highest BCUT2D eigenvalue weighted by Gasteiger charge is 2.59. The molecule has 0 radical (unpaired) electrons. The van der Waals surface area contributed by atoms with Crippen molar-refractivity contribution in [2.75, 3.05) is 0 Å². The van der Waals surface area contributed by atoms with E-state index in [1.807, 2.05) is 11.1 Å². The second-order valence-corrected chi connectivity index (χ2v) is 22.8. The molecule has 0 amide bonds. The van der Waals surface area contributed by atoms with Gasteiger partial charge in [0.2, 0.25) is 0 Å². The minimum atomic E-state index is -0.153. The van der Waals surface area contributed by atoms with E-state index in [0.29, 0.717) is 23.9 Å². The number of hydrogen-bond acceptors (Lipinski definition) is 1. The molecule has 1 saturated carbocycles. The summed E-state index contributed by atoms with van der Waals surface area (Å²) in [5.74, 6) is 1.93. The van der Waals surface area contributed by atoms with Crippen LogP contribution in [0, 0.1) is 23.2 Å². The summed E-state index contributed by atoms with van der Waals surface area (Å²) >= 11 is 0. The van der Waals surface area contributed by atoms with Crippen LogP contribution in [-0.4, -0.2) is 17.0 Å². The third kappa shape index (κ3) is 5.18. The van der Waals surface area contributed by atoms with Crippen LogP contribution in [0.3, 0.4) is 0 Å². The Hall–Kier alpha value is -4.10. The number of benzene rings is 1. The summed E-state index contributed by atoms with van der Waals surface area (Å²) in [6.45, 7) is 5.16. The average molecular weight is 828 g/mol. The first-order valence-electron chi connectivity index (χ1n) is 26.5. The van der Waals surface area contributed by atoms with Gasteiger partial charge in [-0.3, -0.25) is 0 Å². The summed E-state index contributed by atoms with van der Waals surface area (Å²) in [6, 6.07) is 3.78. The molecule has 1 aromatic rings. The molecular formula is C62H69N. The molecule has 322 valence electrons. The SMILES string of the molecule is CC1(C)C2=C(C=CC(N(C3=CCCC4=C3C3(C5=C4CCC=C5)C4=C(CCCC4)c4c3cc3c5c4CCC=C5C4=C3CCCC4)C3CC=C(C4CCCCC4)CC3)C2)C2C=CC=CC21. The lowest BCUT2D eigenvalue weighted by atomic mass is 9.63. The Balaban J connectivity index is 0.965. The van der Waals surface area contributed by atoms with E-state index in [1.165, 1.54) is 141 Å². The van der Waals surface area contributed by atoms with Crippen molar-refractivity contribution in [3.8, 4) is 0 Å². The van der Waals surface area contributed by atoms with Crippen molar-refractivity contribution >= 4 is 16.7 Å². The first-order chi connectivity index (χ1) is 31.0. The Morgan fingerprint density at radius 3 is 2.32 bits per heavy atom. The molecule has 1 nitrogen and oxygen atoms in total. The van der Waals surface area contributed by atoms with Crippen molar-refractivity contribution in [1.82, 2.24) is 4.90 Å². The minimum Gasteiger partial charge on any atom is -0.361 e. The zero-order valence-corrected chi connectivity index (χ0v) is 38.5. The van der Waals surface area contributed by atoms with E-state index < -0.39 is 0 Å². The van der Waals surface area contributed by atoms with Gasteiger partial charge in [0.1, 0.15) is 0 Å². The summed E-state index contributed by atoms with van der Waals surface area (Å²) in [4.78, 5) is 3.15. The molecule has 0 bridgehead atoms. The van der Waals surface area contributed by atoms with Crippen LogP contribution in [0.25, 0.3) is 16.7 Å². The molecule has 1 heteroatoms. The van der Waals surface area contributed by atoms with E-state index >= 15 is 0 Å². The number of hydrogen-bond donors (Lipinski definition) is 0. The topological polar surface area (TPSA) is 3.24 Å². The van der Waals surface area contributed by atoms with Crippen molar-refractivity contribution in [3.05, 3.63) is 157 Å². The number of nitrogens with zero attached hydrogens (tertiary/aromatic N) is 1. The molecule has 5 atom stereocenters. The smallest absolute Gasteiger partial charge is 0.0699 e. The maximum absolute atomic E-state index is 3.15. The standard InChI is InChI=1S/C62H69N/c1-61(2)52-26-11-8-20-44(52)46-35-34-41(36-55(46)61)63(40-32-30-39(31-33-40)38-16-4-3-5-17-38)57-29-15-24-48-45-21-9-12-27-53(45)62(60(48)57)54-28-13-10-22-49(54)59-50-25-14-23-47-42-18-6-7-19-43(42)51(58(47)50)37-56(59)62/h8,11-12,20,23,26-27,29-30,34-35,37-38,40-41,44,52H,3-7,9-10,13-19,21-22,24-25,28,31-33,36H2,1-2H3. The van der Waals surface area contributed by atoms with E-state index in [9.17, 15) is 0 Å². The van der Waals surface area contributed by atoms with Crippen molar-refractivity contribution in [3.63, 3.8) is 0 Å². The summed E-state index contributed by atoms with van der Waals surface area (Å²) in [6.07, 6.45) is 58.4. The molecule has 0 saturated heterocycles. The normalized spacial score (nSPS) is 33.2. The van der Waals surface area contributed by atoms with Crippen LogP contribution in [0.2, 0.25) is 0 Å². The molecule has 13 aliphatic rings. The molecule has 13 aliphatic carbocycles. The molecular weight excluding hydrogens is 759 g/mol. The molecule has 63 heavy (non-hydrogen) atoms. The monoisotopic (exact) mass is 828 g/mol. The number of allylic oxidation sites excluding steroid dienone is 20. The largest absolute Gasteiger partial charge is 0.361 e. The second kappa shape index (κ2) is 14.2. The first-order valence-corrected chi connectivity index (χ1v) is 26.5. The van der Waals surface area contributed by atoms with Gasteiger partial charge in [0.05, 0.1) is 11.5 Å². The van der Waals surface area contributed by atoms with Gasteiger partial charge in [0.15, 0.2) is 0 Å². The number of fused-ring (bicyclic) bond motifs is 12. The highest BCUT2D eigenvalue weighted by atomic mass is 15.2. The first kappa shape index (κ1) is 38.2. The molecule has 0 N–H and O–H groups in total. The molecule has 5 unspecified atom stereocenters. The van der Waals surface area contributed by atoms with Crippen LogP contribution in [0.15, 0.2) is 129 Å². The van der Waals surface area contributed by atoms with Crippen LogP contribution >= 0.6 is 0 Å². The van der Waals surface area contributed by atoms with Crippen LogP contribution in [0.4, 0.5) is 0 Å². The average Bonchev–Trinajstić information content (AvgIpc) is 4.01. The van der Waals surface area contributed by atoms with E-state index in [4.69, 9.17) is 0 Å². The van der Waals surface area contributed by atoms with Gasteiger partial charge in [0.25, 0.3) is 0 Å². The molecule has 14 rings (SSSR count). The van der Waals surface area contributed by atoms with Crippen LogP contribution in [-0.2, 0) is 11.8 Å². The summed E-state index contributed by atoms with van der Waals surface area (Å²) < 4.78 is 0. The van der Waals surface area contributed by atoms with E-state index in [0.717, 1.165) is 12.3 Å². The molecule has 1 fully saturated rings. The predicted octanol–water partition coefficient (Wildman–Crippen LogP) is 16.0. The fraction of sp³-hybridized carbons (Fsp3) is 0.516. The minimum absolute atomic E-state index is 0.153. The van der Waals surface area contributed by atoms with Crippen LogP contribution < -0.4 is 0 Å². The Labute approximate surface area is 378 Å². The van der Waals surface area contributed by atoms with Crippen molar-refractivity contribution < 1.29 is 0 Å². The fourth-order valence-corrected chi connectivity index (χ4v) is 17.1. The van der Waals surface area contributed by atoms with Gasteiger partial charge in [0, 0.05) is 17.7 Å². The van der Waals surface area contributed by atoms with Gasteiger partial charge in [-0.2, -0.15) is 0 Å². The predicted molar refractivity (Wildman–Crippen MR) is 263 cm³/mol. The molecule has 0 aromatic heterocycles. The molecule has 0 aliphatic heterocycles. The van der Waals surface area contributed by atoms with Crippen LogP contribution in [0.5, 0.6) is 0 Å². The van der Waals surface area contributed by atoms with Gasteiger partial charge in [-0.05, 0) is 235 Å². The Bertz CT molecular complexity index is 2650. The lowest BCUT2D eigenvalue weighted by Crippen LogP contribution is -2.47. The lowest BCUT2D eigenvalue weighted by molar-refractivity contribution is 0.185. The fourth-order valence-electron chi connectivity index (χ4n) is 17.1. The van der Waals surface area contributed by atoms with Gasteiger partial charge >= 0.3 is 0 Å². The summed E-state index contributed by atoms with van der Waals surface area (Å²) in [5, 5.41) is 0. The van der Waals surface area contributed by atoms with Gasteiger partial charge in [-0.15, -0.1) is 0 Å². The summed E-state index contributed by atoms with van der Waals surface area (Å²) in [5.41, 5.74) is 31.2. The molecule has 0 heterocycles. The molecule has 1 spiro atoms. The number of rotatable bonds is 4. The quantitative estimate of drug-likeness (QED) is 0.273. The van der Waals surface area contributed by atoms with Crippen molar-refractivity contribution in [2.45, 2.75) is 179 Å².